The number of nitriles is 1. The Morgan fingerprint density at radius 2 is 2.05 bits per heavy atom. The molecule has 2 N–H and O–H groups in total. The molecule has 0 unspecified atom stereocenters. The Hall–Kier alpha value is -2.54. The SMILES string of the molecule is N#Cc1cc(F)cc(Nc2ccc3c(c2)CCCN3)c1. The molecular formula is C16H14FN3. The van der Waals surface area contributed by atoms with Crippen LogP contribution in [0.5, 0.6) is 0 Å². The maximum atomic E-state index is 13.4. The van der Waals surface area contributed by atoms with E-state index in [1.54, 1.807) is 6.07 Å². The van der Waals surface area contributed by atoms with Gasteiger partial charge in [-0.05, 0) is 54.8 Å². The Labute approximate surface area is 117 Å². The van der Waals surface area contributed by atoms with Gasteiger partial charge in [-0.1, -0.05) is 0 Å². The van der Waals surface area contributed by atoms with Crippen LogP contribution in [0.2, 0.25) is 0 Å². The zero-order valence-electron chi connectivity index (χ0n) is 10.9. The largest absolute Gasteiger partial charge is 0.385 e. The van der Waals surface area contributed by atoms with Crippen LogP contribution in [0.4, 0.5) is 21.5 Å². The zero-order valence-corrected chi connectivity index (χ0v) is 10.9. The van der Waals surface area contributed by atoms with Crippen LogP contribution in [-0.2, 0) is 6.42 Å². The van der Waals surface area contributed by atoms with E-state index < -0.39 is 5.82 Å². The van der Waals surface area contributed by atoms with Gasteiger partial charge in [-0.2, -0.15) is 5.26 Å². The van der Waals surface area contributed by atoms with Crippen molar-refractivity contribution >= 4 is 17.1 Å². The standard InChI is InChI=1S/C16H14FN3/c17-13-6-11(10-18)7-15(9-13)20-14-3-4-16-12(8-14)2-1-5-19-16/h3-4,6-9,19-20H,1-2,5H2. The van der Waals surface area contributed by atoms with E-state index in [1.807, 2.05) is 18.2 Å². The number of hydrogen-bond donors (Lipinski definition) is 2. The van der Waals surface area contributed by atoms with Gasteiger partial charge < -0.3 is 10.6 Å². The van der Waals surface area contributed by atoms with Crippen LogP contribution in [0, 0.1) is 17.1 Å². The molecule has 0 fully saturated rings. The van der Waals surface area contributed by atoms with E-state index in [-0.39, 0.29) is 0 Å². The highest BCUT2D eigenvalue weighted by molar-refractivity contribution is 5.67. The molecule has 3 rings (SSSR count). The molecule has 0 saturated carbocycles. The first kappa shape index (κ1) is 12.5. The number of benzene rings is 2. The quantitative estimate of drug-likeness (QED) is 0.870. The number of hydrogen-bond acceptors (Lipinski definition) is 3. The Morgan fingerprint density at radius 1 is 1.15 bits per heavy atom. The van der Waals surface area contributed by atoms with Crippen LogP contribution in [0.15, 0.2) is 36.4 Å². The van der Waals surface area contributed by atoms with Gasteiger partial charge in [0.25, 0.3) is 0 Å². The molecule has 0 aliphatic carbocycles. The predicted octanol–water partition coefficient (Wildman–Crippen LogP) is 3.80. The lowest BCUT2D eigenvalue weighted by Gasteiger charge is -2.19. The van der Waals surface area contributed by atoms with Crippen molar-refractivity contribution in [2.75, 3.05) is 17.2 Å². The number of nitrogens with zero attached hydrogens (tertiary/aromatic N) is 1. The van der Waals surface area contributed by atoms with Gasteiger partial charge in [-0.25, -0.2) is 4.39 Å². The molecule has 4 heteroatoms. The smallest absolute Gasteiger partial charge is 0.126 e. The molecule has 1 aliphatic heterocycles. The Balaban J connectivity index is 1.88. The van der Waals surface area contributed by atoms with Gasteiger partial charge in [0.05, 0.1) is 11.6 Å². The summed E-state index contributed by atoms with van der Waals surface area (Å²) in [6.45, 7) is 1.01. The third kappa shape index (κ3) is 2.57. The number of anilines is 3. The monoisotopic (exact) mass is 267 g/mol. The molecule has 0 aromatic heterocycles. The molecule has 2 aromatic rings. The highest BCUT2D eigenvalue weighted by Crippen LogP contribution is 2.27. The van der Waals surface area contributed by atoms with Crippen LogP contribution >= 0.6 is 0 Å². The normalized spacial score (nSPS) is 13.0. The minimum atomic E-state index is -0.411. The molecule has 0 spiro atoms. The number of rotatable bonds is 2. The molecule has 0 saturated heterocycles. The van der Waals surface area contributed by atoms with E-state index in [1.165, 1.54) is 23.4 Å². The van der Waals surface area contributed by atoms with Crippen LogP contribution in [-0.4, -0.2) is 6.54 Å². The molecule has 0 amide bonds. The van der Waals surface area contributed by atoms with Crippen molar-refractivity contribution in [1.29, 1.82) is 5.26 Å². The van der Waals surface area contributed by atoms with Crippen LogP contribution in [0.1, 0.15) is 17.5 Å². The van der Waals surface area contributed by atoms with E-state index in [9.17, 15) is 4.39 Å². The second kappa shape index (κ2) is 5.22. The zero-order chi connectivity index (χ0) is 13.9. The van der Waals surface area contributed by atoms with Crippen molar-refractivity contribution in [3.05, 3.63) is 53.3 Å². The Morgan fingerprint density at radius 3 is 2.90 bits per heavy atom. The molecule has 0 radical (unpaired) electrons. The van der Waals surface area contributed by atoms with E-state index in [2.05, 4.69) is 16.7 Å². The predicted molar refractivity (Wildman–Crippen MR) is 77.7 cm³/mol. The highest BCUT2D eigenvalue weighted by atomic mass is 19.1. The van der Waals surface area contributed by atoms with Crippen LogP contribution in [0.3, 0.4) is 0 Å². The Bertz CT molecular complexity index is 689. The molecule has 1 aliphatic rings. The molecular weight excluding hydrogens is 253 g/mol. The second-order valence-electron chi connectivity index (χ2n) is 4.87. The molecule has 0 atom stereocenters. The van der Waals surface area contributed by atoms with Crippen LogP contribution < -0.4 is 10.6 Å². The second-order valence-corrected chi connectivity index (χ2v) is 4.87. The lowest BCUT2D eigenvalue weighted by atomic mass is 10.0. The molecule has 3 nitrogen and oxygen atoms in total. The van der Waals surface area contributed by atoms with Crippen molar-refractivity contribution in [2.24, 2.45) is 0 Å². The summed E-state index contributed by atoms with van der Waals surface area (Å²) in [7, 11) is 0. The summed E-state index contributed by atoms with van der Waals surface area (Å²) in [5.74, 6) is -0.411. The molecule has 0 bridgehead atoms. The minimum absolute atomic E-state index is 0.312. The van der Waals surface area contributed by atoms with Gasteiger partial charge in [0.2, 0.25) is 0 Å². The summed E-state index contributed by atoms with van der Waals surface area (Å²) >= 11 is 0. The van der Waals surface area contributed by atoms with Gasteiger partial charge in [0, 0.05) is 23.6 Å². The Kier molecular flexibility index (Phi) is 3.26. The fourth-order valence-corrected chi connectivity index (χ4v) is 2.45. The lowest BCUT2D eigenvalue weighted by molar-refractivity contribution is 0.628. The number of nitrogens with one attached hydrogen (secondary N) is 2. The van der Waals surface area contributed by atoms with Crippen molar-refractivity contribution in [3.63, 3.8) is 0 Å². The molecule has 2 aromatic carbocycles. The average molecular weight is 267 g/mol. The van der Waals surface area contributed by atoms with E-state index in [0.29, 0.717) is 11.3 Å². The first-order valence-corrected chi connectivity index (χ1v) is 6.59. The van der Waals surface area contributed by atoms with E-state index in [4.69, 9.17) is 5.26 Å². The number of fused-ring (bicyclic) bond motifs is 1. The maximum Gasteiger partial charge on any atom is 0.126 e. The summed E-state index contributed by atoms with van der Waals surface area (Å²) in [6, 6.07) is 12.3. The lowest BCUT2D eigenvalue weighted by Crippen LogP contribution is -2.11. The third-order valence-corrected chi connectivity index (χ3v) is 3.36. The maximum absolute atomic E-state index is 13.4. The fraction of sp³-hybridized carbons (Fsp3) is 0.188. The molecule has 100 valence electrons. The number of aryl methyl sites for hydroxylation is 1. The first-order chi connectivity index (χ1) is 9.74. The summed E-state index contributed by atoms with van der Waals surface area (Å²) in [5.41, 5.74) is 4.23. The summed E-state index contributed by atoms with van der Waals surface area (Å²) in [6.07, 6.45) is 2.17. The van der Waals surface area contributed by atoms with Crippen LogP contribution in [0.25, 0.3) is 0 Å². The molecule has 20 heavy (non-hydrogen) atoms. The van der Waals surface area contributed by atoms with Crippen molar-refractivity contribution in [2.45, 2.75) is 12.8 Å². The summed E-state index contributed by atoms with van der Waals surface area (Å²) in [4.78, 5) is 0. The molecule has 1 heterocycles. The van der Waals surface area contributed by atoms with Gasteiger partial charge in [0.15, 0.2) is 0 Å². The van der Waals surface area contributed by atoms with Crippen molar-refractivity contribution in [3.8, 4) is 6.07 Å². The number of halogens is 1. The highest BCUT2D eigenvalue weighted by Gasteiger charge is 2.09. The summed E-state index contributed by atoms with van der Waals surface area (Å²) < 4.78 is 13.4. The van der Waals surface area contributed by atoms with E-state index >= 15 is 0 Å². The van der Waals surface area contributed by atoms with Crippen molar-refractivity contribution < 1.29 is 4.39 Å². The topological polar surface area (TPSA) is 47.9 Å². The third-order valence-electron chi connectivity index (χ3n) is 3.36. The van der Waals surface area contributed by atoms with Gasteiger partial charge in [0.1, 0.15) is 5.82 Å². The van der Waals surface area contributed by atoms with E-state index in [0.717, 1.165) is 25.1 Å². The van der Waals surface area contributed by atoms with Gasteiger partial charge in [-0.15, -0.1) is 0 Å². The first-order valence-electron chi connectivity index (χ1n) is 6.59. The van der Waals surface area contributed by atoms with Gasteiger partial charge >= 0.3 is 0 Å². The van der Waals surface area contributed by atoms with Crippen molar-refractivity contribution in [1.82, 2.24) is 0 Å². The van der Waals surface area contributed by atoms with Gasteiger partial charge in [-0.3, -0.25) is 0 Å². The minimum Gasteiger partial charge on any atom is -0.385 e. The average Bonchev–Trinajstić information content (AvgIpc) is 2.46. The fourth-order valence-electron chi connectivity index (χ4n) is 2.45. The summed E-state index contributed by atoms with van der Waals surface area (Å²) in [5, 5.41) is 15.4.